The highest BCUT2D eigenvalue weighted by atomic mass is 31.2. The number of hydrogen-bond acceptors (Lipinski definition) is 6. The van der Waals surface area contributed by atoms with Crippen LogP contribution in [0.1, 0.15) is 12.8 Å². The highest BCUT2D eigenvalue weighted by molar-refractivity contribution is 7.72. The maximum absolute atomic E-state index is 11.2. The molecule has 144 valence electrons. The number of nitrogens with one attached hydrogen (secondary N) is 1. The summed E-state index contributed by atoms with van der Waals surface area (Å²) in [6, 6.07) is 6.98. The molecule has 0 aliphatic heterocycles. The summed E-state index contributed by atoms with van der Waals surface area (Å²) in [5.41, 5.74) is 0. The molecule has 0 spiro atoms. The van der Waals surface area contributed by atoms with E-state index in [4.69, 9.17) is 29.0 Å². The minimum Gasteiger partial charge on any atom is -0.497 e. The number of benzene rings is 1. The van der Waals surface area contributed by atoms with Gasteiger partial charge in [-0.25, -0.2) is 0 Å². The molecule has 0 heterocycles. The van der Waals surface area contributed by atoms with Crippen molar-refractivity contribution >= 4 is 15.2 Å². The van der Waals surface area contributed by atoms with Crippen LogP contribution in [-0.4, -0.2) is 56.6 Å². The largest absolute Gasteiger partial charge is 0.497 e. The lowest BCUT2D eigenvalue weighted by atomic mass is 10.3. The Morgan fingerprint density at radius 2 is 1.52 bits per heavy atom. The fourth-order valence-corrected chi connectivity index (χ4v) is 4.06. The summed E-state index contributed by atoms with van der Waals surface area (Å²) in [5.74, 6) is 1.36. The normalized spacial score (nSPS) is 12.9. The molecular formula is C13H23NO9P2. The average molecular weight is 399 g/mol. The molecule has 0 aliphatic rings. The van der Waals surface area contributed by atoms with Crippen molar-refractivity contribution in [3.8, 4) is 11.5 Å². The Bertz CT molecular complexity index is 603. The van der Waals surface area contributed by atoms with Gasteiger partial charge >= 0.3 is 15.2 Å². The van der Waals surface area contributed by atoms with Crippen LogP contribution in [0.3, 0.4) is 0 Å². The zero-order valence-corrected chi connectivity index (χ0v) is 15.4. The topological polar surface area (TPSA) is 166 Å². The molecule has 0 saturated heterocycles. The summed E-state index contributed by atoms with van der Waals surface area (Å²) in [7, 11) is -9.24. The maximum atomic E-state index is 11.2. The van der Waals surface area contributed by atoms with Crippen molar-refractivity contribution in [1.82, 2.24) is 5.32 Å². The van der Waals surface area contributed by atoms with Crippen LogP contribution in [0.2, 0.25) is 0 Å². The monoisotopic (exact) mass is 399 g/mol. The van der Waals surface area contributed by atoms with E-state index >= 15 is 0 Å². The number of aliphatic hydroxyl groups is 1. The van der Waals surface area contributed by atoms with Gasteiger partial charge in [0.05, 0.1) is 13.7 Å². The van der Waals surface area contributed by atoms with Gasteiger partial charge in [0.1, 0.15) is 11.5 Å². The van der Waals surface area contributed by atoms with Gasteiger partial charge in [-0.1, -0.05) is 0 Å². The molecule has 25 heavy (non-hydrogen) atoms. The molecule has 0 atom stereocenters. The third kappa shape index (κ3) is 6.36. The Morgan fingerprint density at radius 1 is 1.00 bits per heavy atom. The van der Waals surface area contributed by atoms with Gasteiger partial charge in [-0.15, -0.1) is 0 Å². The zero-order valence-electron chi connectivity index (χ0n) is 13.6. The first-order valence-corrected chi connectivity index (χ1v) is 10.5. The molecule has 1 rings (SSSR count). The average Bonchev–Trinajstić information content (AvgIpc) is 2.52. The molecule has 0 fully saturated rings. The van der Waals surface area contributed by atoms with Crippen molar-refractivity contribution in [1.29, 1.82) is 0 Å². The Hall–Kier alpha value is -0.960. The van der Waals surface area contributed by atoms with Crippen molar-refractivity contribution in [3.05, 3.63) is 24.3 Å². The quantitative estimate of drug-likeness (QED) is 0.227. The molecule has 0 bridgehead atoms. The third-order valence-corrected chi connectivity index (χ3v) is 7.27. The predicted molar refractivity (Wildman–Crippen MR) is 89.6 cm³/mol. The van der Waals surface area contributed by atoms with E-state index in [0.717, 1.165) is 0 Å². The van der Waals surface area contributed by atoms with Gasteiger partial charge < -0.3 is 39.5 Å². The second-order valence-corrected chi connectivity index (χ2v) is 9.25. The summed E-state index contributed by atoms with van der Waals surface area (Å²) >= 11 is 0. The third-order valence-electron chi connectivity index (χ3n) is 3.40. The molecule has 10 nitrogen and oxygen atoms in total. The van der Waals surface area contributed by atoms with Gasteiger partial charge in [-0.2, -0.15) is 0 Å². The number of ether oxygens (including phenoxy) is 2. The summed E-state index contributed by atoms with van der Waals surface area (Å²) in [6.07, 6.45) is -0.253. The Morgan fingerprint density at radius 3 is 2.00 bits per heavy atom. The minimum absolute atomic E-state index is 0.185. The highest BCUT2D eigenvalue weighted by Gasteiger charge is 2.58. The number of hydrogen-bond donors (Lipinski definition) is 6. The van der Waals surface area contributed by atoms with Crippen LogP contribution in [-0.2, 0) is 9.13 Å². The van der Waals surface area contributed by atoms with Gasteiger partial charge in [0.15, 0.2) is 0 Å². The molecule has 1 aromatic rings. The molecule has 0 aliphatic carbocycles. The highest BCUT2D eigenvalue weighted by Crippen LogP contribution is 2.68. The van der Waals surface area contributed by atoms with Crippen LogP contribution in [0.15, 0.2) is 24.3 Å². The molecule has 6 N–H and O–H groups in total. The van der Waals surface area contributed by atoms with E-state index in [-0.39, 0.29) is 6.54 Å². The van der Waals surface area contributed by atoms with Crippen LogP contribution in [0.25, 0.3) is 0 Å². The maximum Gasteiger partial charge on any atom is 0.369 e. The van der Waals surface area contributed by atoms with Gasteiger partial charge in [0.25, 0.3) is 5.08 Å². The summed E-state index contributed by atoms with van der Waals surface area (Å²) in [6.45, 7) is 0.546. The SMILES string of the molecule is COc1ccc(OCCCNCCC(O)(P(=O)(O)O)P(=O)(O)O)cc1. The second-order valence-electron chi connectivity index (χ2n) is 5.24. The standard InChI is InChI=1S/C13H23NO9P2/c1-22-11-3-5-12(6-4-11)23-10-2-8-14-9-7-13(15,24(16,17)18)25(19,20)21/h3-6,14-15H,2,7-10H2,1H3,(H2,16,17,18)(H2,19,20,21). The van der Waals surface area contributed by atoms with Gasteiger partial charge in [-0.3, -0.25) is 9.13 Å². The van der Waals surface area contributed by atoms with Crippen LogP contribution < -0.4 is 14.8 Å². The van der Waals surface area contributed by atoms with E-state index < -0.39 is 26.7 Å². The Kier molecular flexibility index (Phi) is 8.05. The molecule has 0 unspecified atom stereocenters. The lowest BCUT2D eigenvalue weighted by Crippen LogP contribution is -2.33. The predicted octanol–water partition coefficient (Wildman–Crippen LogP) is 0.445. The smallest absolute Gasteiger partial charge is 0.369 e. The van der Waals surface area contributed by atoms with E-state index in [1.165, 1.54) is 0 Å². The fourth-order valence-electron chi connectivity index (χ4n) is 1.90. The van der Waals surface area contributed by atoms with Crippen molar-refractivity contribution in [2.75, 3.05) is 26.8 Å². The lowest BCUT2D eigenvalue weighted by Gasteiger charge is -2.29. The van der Waals surface area contributed by atoms with Crippen LogP contribution in [0, 0.1) is 0 Å². The van der Waals surface area contributed by atoms with Crippen LogP contribution in [0.5, 0.6) is 11.5 Å². The minimum atomic E-state index is -5.40. The van der Waals surface area contributed by atoms with E-state index in [2.05, 4.69) is 5.32 Å². The van der Waals surface area contributed by atoms with Crippen molar-refractivity contribution in [2.24, 2.45) is 0 Å². The van der Waals surface area contributed by atoms with Crippen LogP contribution in [0.4, 0.5) is 0 Å². The second kappa shape index (κ2) is 9.12. The molecule has 0 amide bonds. The van der Waals surface area contributed by atoms with Gasteiger partial charge in [-0.05, 0) is 43.8 Å². The lowest BCUT2D eigenvalue weighted by molar-refractivity contribution is 0.123. The molecular weight excluding hydrogens is 376 g/mol. The first-order chi connectivity index (χ1) is 11.5. The zero-order chi connectivity index (χ0) is 19.1. The molecule has 12 heteroatoms. The van der Waals surface area contributed by atoms with E-state index in [9.17, 15) is 14.2 Å². The van der Waals surface area contributed by atoms with Crippen molar-refractivity contribution in [3.63, 3.8) is 0 Å². The van der Waals surface area contributed by atoms with Gasteiger partial charge in [0.2, 0.25) is 0 Å². The number of methoxy groups -OCH3 is 1. The van der Waals surface area contributed by atoms with E-state index in [1.54, 1.807) is 31.4 Å². The first kappa shape index (κ1) is 22.1. The summed E-state index contributed by atoms with van der Waals surface area (Å²) in [5, 5.41) is 9.04. The first-order valence-electron chi connectivity index (χ1n) is 7.32. The Labute approximate surface area is 145 Å². The molecule has 0 saturated carbocycles. The Balaban J connectivity index is 2.31. The molecule has 0 aromatic heterocycles. The molecule has 0 radical (unpaired) electrons. The summed E-state index contributed by atoms with van der Waals surface area (Å²) in [4.78, 5) is 36.0. The summed E-state index contributed by atoms with van der Waals surface area (Å²) < 4.78 is 32.8. The van der Waals surface area contributed by atoms with E-state index in [1.807, 2.05) is 0 Å². The fraction of sp³-hybridized carbons (Fsp3) is 0.538. The molecule has 1 aromatic carbocycles. The van der Waals surface area contributed by atoms with Crippen molar-refractivity contribution in [2.45, 2.75) is 17.9 Å². The van der Waals surface area contributed by atoms with Crippen LogP contribution >= 0.6 is 15.2 Å². The van der Waals surface area contributed by atoms with Gasteiger partial charge in [0, 0.05) is 6.42 Å². The number of rotatable bonds is 11. The van der Waals surface area contributed by atoms with E-state index in [0.29, 0.717) is 31.1 Å². The van der Waals surface area contributed by atoms with Crippen molar-refractivity contribution < 1.29 is 43.3 Å².